The van der Waals surface area contributed by atoms with Crippen LogP contribution >= 0.6 is 0 Å². The molecule has 0 atom stereocenters. The first-order valence-electron chi connectivity index (χ1n) is 8.29. The fourth-order valence-electron chi connectivity index (χ4n) is 2.93. The van der Waals surface area contributed by atoms with Crippen LogP contribution in [0.25, 0.3) is 0 Å². The number of halogens is 1. The molecule has 1 amide bonds. The maximum Gasteiger partial charge on any atom is 0.225 e. The Morgan fingerprint density at radius 1 is 0.958 bits per heavy atom. The Morgan fingerprint density at radius 3 is 2.33 bits per heavy atom. The molecule has 0 aliphatic carbocycles. The van der Waals surface area contributed by atoms with Crippen molar-refractivity contribution in [1.29, 1.82) is 0 Å². The molecule has 1 saturated heterocycles. The highest BCUT2D eigenvalue weighted by Gasteiger charge is 2.19. The number of nitrogens with zero attached hydrogens (tertiary/aromatic N) is 2. The molecule has 5 heteroatoms. The minimum atomic E-state index is -0.173. The van der Waals surface area contributed by atoms with Gasteiger partial charge in [0.15, 0.2) is 0 Å². The van der Waals surface area contributed by atoms with Gasteiger partial charge in [0.1, 0.15) is 5.82 Å². The lowest BCUT2D eigenvalue weighted by molar-refractivity contribution is -0.116. The van der Waals surface area contributed by atoms with Crippen LogP contribution in [0.5, 0.6) is 0 Å². The fraction of sp³-hybridized carbons (Fsp3) is 0.316. The van der Waals surface area contributed by atoms with E-state index in [0.29, 0.717) is 12.1 Å². The lowest BCUT2D eigenvalue weighted by atomic mass is 10.2. The molecule has 0 spiro atoms. The summed E-state index contributed by atoms with van der Waals surface area (Å²) in [5.41, 5.74) is 1.49. The van der Waals surface area contributed by atoms with Crippen molar-refractivity contribution < 1.29 is 9.18 Å². The van der Waals surface area contributed by atoms with Gasteiger partial charge in [0.05, 0.1) is 5.69 Å². The second-order valence-corrected chi connectivity index (χ2v) is 5.94. The zero-order valence-corrected chi connectivity index (χ0v) is 13.6. The number of amides is 1. The van der Waals surface area contributed by atoms with Crippen LogP contribution in [0.3, 0.4) is 0 Å². The molecule has 4 nitrogen and oxygen atoms in total. The molecule has 0 radical (unpaired) electrons. The van der Waals surface area contributed by atoms with Crippen LogP contribution in [0.1, 0.15) is 6.42 Å². The molecule has 126 valence electrons. The van der Waals surface area contributed by atoms with Gasteiger partial charge in [0.2, 0.25) is 5.91 Å². The van der Waals surface area contributed by atoms with Crippen LogP contribution in [-0.2, 0) is 4.79 Å². The Bertz CT molecular complexity index is 669. The van der Waals surface area contributed by atoms with Gasteiger partial charge in [0, 0.05) is 44.8 Å². The molecule has 1 N–H and O–H groups in total. The third-order valence-corrected chi connectivity index (χ3v) is 4.28. The Morgan fingerprint density at radius 2 is 1.62 bits per heavy atom. The van der Waals surface area contributed by atoms with Crippen molar-refractivity contribution in [1.82, 2.24) is 4.90 Å². The molecule has 0 saturated carbocycles. The molecule has 2 aromatic rings. The molecule has 0 aromatic heterocycles. The second kappa shape index (κ2) is 7.93. The monoisotopic (exact) mass is 327 g/mol. The number of carbonyl (C=O) groups excluding carboxylic acids is 1. The highest BCUT2D eigenvalue weighted by molar-refractivity contribution is 5.90. The van der Waals surface area contributed by atoms with Crippen LogP contribution in [-0.4, -0.2) is 43.5 Å². The van der Waals surface area contributed by atoms with E-state index in [-0.39, 0.29) is 11.7 Å². The third-order valence-electron chi connectivity index (χ3n) is 4.28. The van der Waals surface area contributed by atoms with E-state index in [1.807, 2.05) is 42.5 Å². The molecule has 3 rings (SSSR count). The normalized spacial score (nSPS) is 15.3. The number of anilines is 2. The summed E-state index contributed by atoms with van der Waals surface area (Å²) in [5.74, 6) is -0.147. The molecule has 0 bridgehead atoms. The van der Waals surface area contributed by atoms with Crippen molar-refractivity contribution in [3.8, 4) is 0 Å². The summed E-state index contributed by atoms with van der Waals surface area (Å²) in [6.45, 7) is 3.96. The Hall–Kier alpha value is -2.40. The zero-order valence-electron chi connectivity index (χ0n) is 13.6. The first-order chi connectivity index (χ1) is 11.7. The lowest BCUT2D eigenvalue weighted by Crippen LogP contribution is -2.47. The van der Waals surface area contributed by atoms with Gasteiger partial charge < -0.3 is 10.2 Å². The van der Waals surface area contributed by atoms with Gasteiger partial charge in [-0.2, -0.15) is 0 Å². The van der Waals surface area contributed by atoms with Gasteiger partial charge in [0.25, 0.3) is 0 Å². The summed E-state index contributed by atoms with van der Waals surface area (Å²) in [6.07, 6.45) is 0.467. The highest BCUT2D eigenvalue weighted by Crippen LogP contribution is 2.20. The van der Waals surface area contributed by atoms with Crippen molar-refractivity contribution in [2.75, 3.05) is 42.9 Å². The average Bonchev–Trinajstić information content (AvgIpc) is 2.62. The molecule has 24 heavy (non-hydrogen) atoms. The van der Waals surface area contributed by atoms with Gasteiger partial charge in [-0.1, -0.05) is 30.3 Å². The number of piperazine rings is 1. The smallest absolute Gasteiger partial charge is 0.225 e. The van der Waals surface area contributed by atoms with E-state index in [9.17, 15) is 9.18 Å². The average molecular weight is 327 g/mol. The largest absolute Gasteiger partial charge is 0.367 e. The molecule has 1 aliphatic heterocycles. The van der Waals surface area contributed by atoms with E-state index >= 15 is 0 Å². The molecular formula is C19H22FN3O. The van der Waals surface area contributed by atoms with Crippen molar-refractivity contribution in [2.45, 2.75) is 6.42 Å². The molecule has 1 heterocycles. The predicted molar refractivity (Wildman–Crippen MR) is 94.7 cm³/mol. The minimum absolute atomic E-state index is 0.0257. The molecule has 0 unspecified atom stereocenters. The molecule has 1 fully saturated rings. The van der Waals surface area contributed by atoms with Gasteiger partial charge in [-0.05, 0) is 24.3 Å². The second-order valence-electron chi connectivity index (χ2n) is 5.94. The van der Waals surface area contributed by atoms with E-state index in [1.54, 1.807) is 6.07 Å². The number of para-hydroxylation sites is 2. The quantitative estimate of drug-likeness (QED) is 0.917. The van der Waals surface area contributed by atoms with Crippen LogP contribution in [0.2, 0.25) is 0 Å². The maximum absolute atomic E-state index is 13.8. The van der Waals surface area contributed by atoms with E-state index < -0.39 is 0 Å². The van der Waals surface area contributed by atoms with E-state index in [2.05, 4.69) is 15.1 Å². The number of hydrogen-bond donors (Lipinski definition) is 1. The summed E-state index contributed by atoms with van der Waals surface area (Å²) in [7, 11) is 0. The summed E-state index contributed by atoms with van der Waals surface area (Å²) in [5, 5.41) is 2.90. The summed E-state index contributed by atoms with van der Waals surface area (Å²) < 4.78 is 13.8. The zero-order chi connectivity index (χ0) is 16.8. The van der Waals surface area contributed by atoms with Crippen LogP contribution in [0, 0.1) is 5.82 Å². The summed E-state index contributed by atoms with van der Waals surface area (Å²) >= 11 is 0. The van der Waals surface area contributed by atoms with E-state index in [4.69, 9.17) is 0 Å². The number of rotatable bonds is 5. The Balaban J connectivity index is 1.43. The summed E-state index contributed by atoms with van der Waals surface area (Å²) in [6, 6.07) is 16.4. The third kappa shape index (κ3) is 4.32. The minimum Gasteiger partial charge on any atom is -0.367 e. The van der Waals surface area contributed by atoms with Crippen molar-refractivity contribution >= 4 is 17.3 Å². The topological polar surface area (TPSA) is 35.6 Å². The standard InChI is InChI=1S/C19H22FN3O/c20-17-8-4-5-9-18(17)23-14-12-22(13-15-23)11-10-19(24)21-16-6-2-1-3-7-16/h1-9H,10-15H2,(H,21,24). The van der Waals surface area contributed by atoms with Crippen molar-refractivity contribution in [3.05, 3.63) is 60.4 Å². The van der Waals surface area contributed by atoms with Crippen molar-refractivity contribution in [2.24, 2.45) is 0 Å². The molecule has 2 aromatic carbocycles. The number of hydrogen-bond acceptors (Lipinski definition) is 3. The highest BCUT2D eigenvalue weighted by atomic mass is 19.1. The fourth-order valence-corrected chi connectivity index (χ4v) is 2.93. The summed E-state index contributed by atoms with van der Waals surface area (Å²) in [4.78, 5) is 16.3. The maximum atomic E-state index is 13.8. The van der Waals surface area contributed by atoms with Crippen LogP contribution < -0.4 is 10.2 Å². The SMILES string of the molecule is O=C(CCN1CCN(c2ccccc2F)CC1)Nc1ccccc1. The number of nitrogens with one attached hydrogen (secondary N) is 1. The van der Waals surface area contributed by atoms with E-state index in [0.717, 1.165) is 38.4 Å². The van der Waals surface area contributed by atoms with Gasteiger partial charge >= 0.3 is 0 Å². The first kappa shape index (κ1) is 16.5. The van der Waals surface area contributed by atoms with Gasteiger partial charge in [-0.15, -0.1) is 0 Å². The number of carbonyl (C=O) groups is 1. The van der Waals surface area contributed by atoms with Crippen molar-refractivity contribution in [3.63, 3.8) is 0 Å². The Labute approximate surface area is 141 Å². The predicted octanol–water partition coefficient (Wildman–Crippen LogP) is 2.98. The van der Waals surface area contributed by atoms with Crippen LogP contribution in [0.15, 0.2) is 54.6 Å². The molecular weight excluding hydrogens is 305 g/mol. The first-order valence-corrected chi connectivity index (χ1v) is 8.29. The lowest BCUT2D eigenvalue weighted by Gasteiger charge is -2.36. The van der Waals surface area contributed by atoms with Crippen LogP contribution in [0.4, 0.5) is 15.8 Å². The van der Waals surface area contributed by atoms with Gasteiger partial charge in [-0.25, -0.2) is 4.39 Å². The number of benzene rings is 2. The van der Waals surface area contributed by atoms with E-state index in [1.165, 1.54) is 6.07 Å². The van der Waals surface area contributed by atoms with Gasteiger partial charge in [-0.3, -0.25) is 9.69 Å². The Kier molecular flexibility index (Phi) is 5.43. The molecule has 1 aliphatic rings.